The average molecular weight is 398 g/mol. The monoisotopic (exact) mass is 397 g/mol. The van der Waals surface area contributed by atoms with E-state index in [1.54, 1.807) is 11.9 Å². The number of nitrogens with zero attached hydrogens (tertiary/aromatic N) is 3. The van der Waals surface area contributed by atoms with Crippen LogP contribution in [-0.2, 0) is 6.61 Å². The molecule has 0 aliphatic carbocycles. The SMILES string of the molecule is Cc1cccnc1N(CC(C)C)Sc1ccc(OCc2c(C)noc2C)cc1. The molecule has 5 nitrogen and oxygen atoms in total. The van der Waals surface area contributed by atoms with Gasteiger partial charge < -0.3 is 9.26 Å². The van der Waals surface area contributed by atoms with Crippen molar-refractivity contribution in [2.75, 3.05) is 10.8 Å². The summed E-state index contributed by atoms with van der Waals surface area (Å²) in [5, 5.41) is 3.96. The highest BCUT2D eigenvalue weighted by Crippen LogP contribution is 2.31. The van der Waals surface area contributed by atoms with Crippen molar-refractivity contribution in [1.82, 2.24) is 10.1 Å². The van der Waals surface area contributed by atoms with Crippen molar-refractivity contribution in [3.8, 4) is 5.75 Å². The fraction of sp³-hybridized carbons (Fsp3) is 0.364. The molecule has 0 unspecified atom stereocenters. The van der Waals surface area contributed by atoms with Crippen molar-refractivity contribution in [2.24, 2.45) is 5.92 Å². The van der Waals surface area contributed by atoms with Gasteiger partial charge in [0.1, 0.15) is 23.9 Å². The molecule has 2 aromatic heterocycles. The van der Waals surface area contributed by atoms with Gasteiger partial charge in [-0.3, -0.25) is 4.31 Å². The minimum atomic E-state index is 0.459. The molecule has 6 heteroatoms. The zero-order chi connectivity index (χ0) is 20.1. The number of pyridine rings is 1. The molecule has 0 bridgehead atoms. The maximum absolute atomic E-state index is 5.91. The van der Waals surface area contributed by atoms with Gasteiger partial charge in [0, 0.05) is 17.6 Å². The lowest BCUT2D eigenvalue weighted by molar-refractivity contribution is 0.301. The van der Waals surface area contributed by atoms with Gasteiger partial charge in [-0.1, -0.05) is 25.1 Å². The molecule has 28 heavy (non-hydrogen) atoms. The van der Waals surface area contributed by atoms with Crippen LogP contribution in [0.25, 0.3) is 0 Å². The van der Waals surface area contributed by atoms with Crippen LogP contribution in [0.2, 0.25) is 0 Å². The van der Waals surface area contributed by atoms with Crippen LogP contribution in [0.4, 0.5) is 5.82 Å². The van der Waals surface area contributed by atoms with E-state index in [0.717, 1.165) is 40.0 Å². The Bertz CT molecular complexity index is 887. The van der Waals surface area contributed by atoms with E-state index in [-0.39, 0.29) is 0 Å². The predicted octanol–water partition coefficient (Wildman–Crippen LogP) is 5.74. The normalized spacial score (nSPS) is 11.1. The van der Waals surface area contributed by atoms with Gasteiger partial charge in [-0.05, 0) is 74.5 Å². The van der Waals surface area contributed by atoms with Crippen molar-refractivity contribution >= 4 is 17.8 Å². The van der Waals surface area contributed by atoms with Crippen LogP contribution in [0.5, 0.6) is 5.75 Å². The molecule has 2 heterocycles. The second-order valence-corrected chi connectivity index (χ2v) is 8.35. The van der Waals surface area contributed by atoms with Crippen molar-refractivity contribution in [2.45, 2.75) is 46.1 Å². The van der Waals surface area contributed by atoms with Crippen LogP contribution < -0.4 is 9.04 Å². The number of ether oxygens (including phenoxy) is 1. The number of benzene rings is 1. The Kier molecular flexibility index (Phi) is 6.62. The molecule has 0 fully saturated rings. The molecule has 0 spiro atoms. The van der Waals surface area contributed by atoms with Gasteiger partial charge in [-0.15, -0.1) is 0 Å². The molecule has 3 aromatic rings. The summed E-state index contributed by atoms with van der Waals surface area (Å²) in [4.78, 5) is 5.73. The van der Waals surface area contributed by atoms with E-state index < -0.39 is 0 Å². The zero-order valence-electron chi connectivity index (χ0n) is 17.1. The Morgan fingerprint density at radius 3 is 2.46 bits per heavy atom. The molecular formula is C22H27N3O2S. The van der Waals surface area contributed by atoms with Crippen LogP contribution >= 0.6 is 11.9 Å². The van der Waals surface area contributed by atoms with E-state index in [2.05, 4.69) is 53.4 Å². The molecule has 0 N–H and O–H groups in total. The number of aryl methyl sites for hydroxylation is 3. The molecular weight excluding hydrogens is 370 g/mol. The van der Waals surface area contributed by atoms with Gasteiger partial charge in [0.25, 0.3) is 0 Å². The van der Waals surface area contributed by atoms with Gasteiger partial charge >= 0.3 is 0 Å². The molecule has 1 aromatic carbocycles. The van der Waals surface area contributed by atoms with Crippen molar-refractivity contribution in [3.05, 3.63) is 65.2 Å². The van der Waals surface area contributed by atoms with E-state index in [9.17, 15) is 0 Å². The molecule has 3 rings (SSSR count). The van der Waals surface area contributed by atoms with Crippen LogP contribution in [0.15, 0.2) is 52.0 Å². The quantitative estimate of drug-likeness (QED) is 0.452. The Hall–Kier alpha value is -2.47. The lowest BCUT2D eigenvalue weighted by Gasteiger charge is -2.25. The van der Waals surface area contributed by atoms with E-state index >= 15 is 0 Å². The third kappa shape index (κ3) is 5.07. The van der Waals surface area contributed by atoms with Gasteiger partial charge in [0.15, 0.2) is 0 Å². The van der Waals surface area contributed by atoms with E-state index in [0.29, 0.717) is 12.5 Å². The smallest absolute Gasteiger partial charge is 0.141 e. The number of rotatable bonds is 8. The number of hydrogen-bond donors (Lipinski definition) is 0. The molecule has 0 radical (unpaired) electrons. The van der Waals surface area contributed by atoms with Crippen molar-refractivity contribution in [3.63, 3.8) is 0 Å². The molecule has 0 amide bonds. The van der Waals surface area contributed by atoms with Crippen molar-refractivity contribution in [1.29, 1.82) is 0 Å². The fourth-order valence-corrected chi connectivity index (χ4v) is 3.99. The lowest BCUT2D eigenvalue weighted by Crippen LogP contribution is -2.21. The zero-order valence-corrected chi connectivity index (χ0v) is 17.9. The summed E-state index contributed by atoms with van der Waals surface area (Å²) in [5.41, 5.74) is 3.06. The minimum Gasteiger partial charge on any atom is -0.489 e. The maximum Gasteiger partial charge on any atom is 0.141 e. The Morgan fingerprint density at radius 2 is 1.86 bits per heavy atom. The van der Waals surface area contributed by atoms with Gasteiger partial charge in [0.2, 0.25) is 0 Å². The van der Waals surface area contributed by atoms with Gasteiger partial charge in [-0.25, -0.2) is 4.98 Å². The first-order valence-corrected chi connectivity index (χ1v) is 10.2. The first-order chi connectivity index (χ1) is 13.4. The highest BCUT2D eigenvalue weighted by molar-refractivity contribution is 8.00. The van der Waals surface area contributed by atoms with E-state index in [1.165, 1.54) is 5.56 Å². The minimum absolute atomic E-state index is 0.459. The first kappa shape index (κ1) is 20.3. The second-order valence-electron chi connectivity index (χ2n) is 7.25. The van der Waals surface area contributed by atoms with E-state index in [1.807, 2.05) is 38.2 Å². The Balaban J connectivity index is 1.68. The second kappa shape index (κ2) is 9.15. The highest BCUT2D eigenvalue weighted by atomic mass is 32.2. The third-order valence-corrected chi connectivity index (χ3v) is 5.38. The predicted molar refractivity (Wildman–Crippen MR) is 114 cm³/mol. The fourth-order valence-electron chi connectivity index (χ4n) is 2.82. The van der Waals surface area contributed by atoms with Crippen LogP contribution in [-0.4, -0.2) is 16.7 Å². The summed E-state index contributed by atoms with van der Waals surface area (Å²) in [6.45, 7) is 11.8. The Morgan fingerprint density at radius 1 is 1.11 bits per heavy atom. The van der Waals surface area contributed by atoms with Crippen LogP contribution in [0.3, 0.4) is 0 Å². The molecule has 0 atom stereocenters. The topological polar surface area (TPSA) is 51.4 Å². The first-order valence-electron chi connectivity index (χ1n) is 9.45. The molecule has 0 saturated carbocycles. The number of aromatic nitrogens is 2. The molecule has 148 valence electrons. The van der Waals surface area contributed by atoms with E-state index in [4.69, 9.17) is 9.26 Å². The molecule has 0 saturated heterocycles. The largest absolute Gasteiger partial charge is 0.489 e. The lowest BCUT2D eigenvalue weighted by atomic mass is 10.2. The maximum atomic E-state index is 5.91. The highest BCUT2D eigenvalue weighted by Gasteiger charge is 2.14. The number of anilines is 1. The summed E-state index contributed by atoms with van der Waals surface area (Å²) in [6.07, 6.45) is 1.85. The molecule has 0 aliphatic heterocycles. The van der Waals surface area contributed by atoms with Crippen LogP contribution in [0, 0.1) is 26.7 Å². The van der Waals surface area contributed by atoms with Gasteiger partial charge in [0.05, 0.1) is 11.3 Å². The molecule has 0 aliphatic rings. The summed E-state index contributed by atoms with van der Waals surface area (Å²) >= 11 is 1.70. The standard InChI is InChI=1S/C22H27N3O2S/c1-15(2)13-25(22-16(3)7-6-12-23-22)28-20-10-8-19(9-11-20)26-14-21-17(4)24-27-18(21)5/h6-12,15H,13-14H2,1-5H3. The average Bonchev–Trinajstić information content (AvgIpc) is 2.98. The summed E-state index contributed by atoms with van der Waals surface area (Å²) < 4.78 is 13.4. The van der Waals surface area contributed by atoms with Gasteiger partial charge in [-0.2, -0.15) is 0 Å². The van der Waals surface area contributed by atoms with Crippen molar-refractivity contribution < 1.29 is 9.26 Å². The summed E-state index contributed by atoms with van der Waals surface area (Å²) in [6, 6.07) is 12.2. The number of hydrogen-bond acceptors (Lipinski definition) is 6. The third-order valence-electron chi connectivity index (χ3n) is 4.35. The van der Waals surface area contributed by atoms with Crippen LogP contribution in [0.1, 0.15) is 36.4 Å². The Labute approximate surface area is 171 Å². The summed E-state index contributed by atoms with van der Waals surface area (Å²) in [7, 11) is 0. The summed E-state index contributed by atoms with van der Waals surface area (Å²) in [5.74, 6) is 3.18.